The highest BCUT2D eigenvalue weighted by atomic mass is 16.5. The predicted molar refractivity (Wildman–Crippen MR) is 124 cm³/mol. The number of rotatable bonds is 8. The number of likely N-dealkylation sites (N-methyl/N-ethyl adjacent to an activating group) is 1. The lowest BCUT2D eigenvalue weighted by Crippen LogP contribution is -2.50. The van der Waals surface area contributed by atoms with Crippen molar-refractivity contribution < 1.29 is 19.1 Å². The first kappa shape index (κ1) is 22.0. The lowest BCUT2D eigenvalue weighted by Gasteiger charge is -2.37. The maximum Gasteiger partial charge on any atom is 0.260 e. The molecule has 0 spiro atoms. The van der Waals surface area contributed by atoms with E-state index in [-0.39, 0.29) is 18.9 Å². The molecule has 1 fully saturated rings. The Morgan fingerprint density at radius 2 is 2.00 bits per heavy atom. The molecule has 0 saturated carbocycles. The van der Waals surface area contributed by atoms with Crippen LogP contribution in [0.4, 0.5) is 5.69 Å². The van der Waals surface area contributed by atoms with Crippen molar-refractivity contribution in [1.29, 1.82) is 5.41 Å². The summed E-state index contributed by atoms with van der Waals surface area (Å²) in [5, 5.41) is 21.7. The summed E-state index contributed by atoms with van der Waals surface area (Å²) in [6, 6.07) is 5.75. The zero-order valence-electron chi connectivity index (χ0n) is 18.5. The molecule has 4 N–H and O–H groups in total. The number of ether oxygens (including phenoxy) is 2. The van der Waals surface area contributed by atoms with E-state index in [9.17, 15) is 0 Å². The van der Waals surface area contributed by atoms with Crippen molar-refractivity contribution >= 4 is 22.6 Å². The van der Waals surface area contributed by atoms with Crippen molar-refractivity contribution in [1.82, 2.24) is 9.61 Å². The van der Waals surface area contributed by atoms with Crippen molar-refractivity contribution in [3.05, 3.63) is 48.0 Å². The van der Waals surface area contributed by atoms with Crippen LogP contribution >= 0.6 is 0 Å². The normalized spacial score (nSPS) is 19.7. The van der Waals surface area contributed by atoms with Gasteiger partial charge in [0.1, 0.15) is 25.5 Å². The standard InChI is InChI=1S/C23H31N6O3/c1-29(9-5-2-6-10-29)11-13-32-23-22(20-7-3-4-8-28(20)27-23)26-19-16-21(31-14-12-30)18(25)15-17(19)24/h3-4,7-8,15-16,25,30H,2,5-6,9-14,24H2,1H3/q+1/b25-18?,26-19+. The number of hydrogen-bond donors (Lipinski definition) is 3. The fraction of sp³-hybridized carbons (Fsp3) is 0.435. The lowest BCUT2D eigenvalue weighted by atomic mass is 10.1. The number of allylic oxidation sites excluding steroid dienone is 2. The average molecular weight is 440 g/mol. The first-order chi connectivity index (χ1) is 15.5. The van der Waals surface area contributed by atoms with Gasteiger partial charge in [-0.05, 0) is 37.5 Å². The Morgan fingerprint density at radius 1 is 1.19 bits per heavy atom. The highest BCUT2D eigenvalue weighted by Gasteiger charge is 2.25. The number of aromatic nitrogens is 2. The van der Waals surface area contributed by atoms with Crippen LogP contribution in [0.3, 0.4) is 0 Å². The van der Waals surface area contributed by atoms with Crippen LogP contribution in [0.1, 0.15) is 19.3 Å². The highest BCUT2D eigenvalue weighted by Crippen LogP contribution is 2.33. The number of aliphatic hydroxyl groups excluding tert-OH is 1. The Morgan fingerprint density at radius 3 is 2.78 bits per heavy atom. The Balaban J connectivity index is 1.62. The molecule has 1 aliphatic carbocycles. The molecule has 2 aromatic heterocycles. The SMILES string of the molecule is C[N+]1(CCOc2nn3ccccc3c2/N=C2\C=C(OCCO)C(=N)C=C2N)CCCCC1. The number of hydrogen-bond acceptors (Lipinski definition) is 7. The molecule has 0 radical (unpaired) electrons. The summed E-state index contributed by atoms with van der Waals surface area (Å²) in [5.41, 5.74) is 8.51. The smallest absolute Gasteiger partial charge is 0.260 e. The van der Waals surface area contributed by atoms with Gasteiger partial charge in [0.05, 0.1) is 49.4 Å². The maximum absolute atomic E-state index is 9.04. The van der Waals surface area contributed by atoms with Crippen molar-refractivity contribution in [3.8, 4) is 5.88 Å². The number of nitrogens with one attached hydrogen (secondary N) is 1. The molecule has 0 atom stereocenters. The Labute approximate surface area is 187 Å². The largest absolute Gasteiger partial charge is 0.489 e. The molecule has 3 heterocycles. The van der Waals surface area contributed by atoms with Crippen LogP contribution in [0.25, 0.3) is 5.52 Å². The molecule has 0 aromatic carbocycles. The minimum Gasteiger partial charge on any atom is -0.489 e. The van der Waals surface area contributed by atoms with Crippen LogP contribution in [0.5, 0.6) is 5.88 Å². The Kier molecular flexibility index (Phi) is 6.57. The number of nitrogens with zero attached hydrogens (tertiary/aromatic N) is 4. The minimum absolute atomic E-state index is 0.0946. The van der Waals surface area contributed by atoms with E-state index in [1.807, 2.05) is 24.4 Å². The van der Waals surface area contributed by atoms with Gasteiger partial charge in [-0.3, -0.25) is 5.41 Å². The summed E-state index contributed by atoms with van der Waals surface area (Å²) in [4.78, 5) is 4.76. The van der Waals surface area contributed by atoms with Gasteiger partial charge in [-0.15, -0.1) is 5.10 Å². The van der Waals surface area contributed by atoms with E-state index in [0.717, 1.165) is 16.5 Å². The molecule has 4 rings (SSSR count). The minimum atomic E-state index is -0.139. The first-order valence-corrected chi connectivity index (χ1v) is 11.0. The molecule has 9 nitrogen and oxygen atoms in total. The summed E-state index contributed by atoms with van der Waals surface area (Å²) in [5.74, 6) is 0.764. The molecule has 2 aromatic rings. The van der Waals surface area contributed by atoms with Crippen molar-refractivity contribution in [3.63, 3.8) is 0 Å². The van der Waals surface area contributed by atoms with Crippen LogP contribution in [0.2, 0.25) is 0 Å². The molecule has 9 heteroatoms. The van der Waals surface area contributed by atoms with Gasteiger partial charge in [0.15, 0.2) is 5.69 Å². The summed E-state index contributed by atoms with van der Waals surface area (Å²) in [7, 11) is 2.29. The van der Waals surface area contributed by atoms with Crippen LogP contribution in [0.15, 0.2) is 53.0 Å². The third kappa shape index (κ3) is 4.84. The fourth-order valence-corrected chi connectivity index (χ4v) is 4.11. The van der Waals surface area contributed by atoms with E-state index >= 15 is 0 Å². The van der Waals surface area contributed by atoms with Crippen molar-refractivity contribution in [2.45, 2.75) is 19.3 Å². The van der Waals surface area contributed by atoms with Crippen molar-refractivity contribution in [2.75, 3.05) is 46.5 Å². The van der Waals surface area contributed by atoms with Gasteiger partial charge >= 0.3 is 0 Å². The second kappa shape index (κ2) is 9.54. The van der Waals surface area contributed by atoms with Crippen LogP contribution in [0, 0.1) is 5.41 Å². The van der Waals surface area contributed by atoms with Crippen LogP contribution in [-0.2, 0) is 4.74 Å². The van der Waals surface area contributed by atoms with Crippen molar-refractivity contribution in [2.24, 2.45) is 10.7 Å². The number of aliphatic imine (C=N–C) groups is 1. The highest BCUT2D eigenvalue weighted by molar-refractivity contribution is 6.22. The van der Waals surface area contributed by atoms with E-state index in [1.165, 1.54) is 38.4 Å². The first-order valence-electron chi connectivity index (χ1n) is 11.0. The Bertz CT molecular complexity index is 1080. The number of quaternary nitrogens is 1. The van der Waals surface area contributed by atoms with Gasteiger partial charge < -0.3 is 24.8 Å². The zero-order chi connectivity index (χ0) is 22.6. The molecular weight excluding hydrogens is 408 g/mol. The number of pyridine rings is 1. The number of likely N-dealkylation sites (tertiary alicyclic amines) is 1. The second-order valence-electron chi connectivity index (χ2n) is 8.47. The summed E-state index contributed by atoms with van der Waals surface area (Å²) in [6.07, 6.45) is 8.80. The average Bonchev–Trinajstić information content (AvgIpc) is 3.12. The molecular formula is C23H31N6O3+. The molecule has 1 saturated heterocycles. The van der Waals surface area contributed by atoms with Gasteiger partial charge in [0.25, 0.3) is 5.88 Å². The fourth-order valence-electron chi connectivity index (χ4n) is 4.11. The third-order valence-electron chi connectivity index (χ3n) is 5.96. The zero-order valence-corrected chi connectivity index (χ0v) is 18.5. The summed E-state index contributed by atoms with van der Waals surface area (Å²) < 4.78 is 14.3. The lowest BCUT2D eigenvalue weighted by molar-refractivity contribution is -0.914. The molecule has 0 bridgehead atoms. The van der Waals surface area contributed by atoms with Crippen LogP contribution < -0.4 is 10.5 Å². The van der Waals surface area contributed by atoms with Crippen LogP contribution in [-0.4, -0.2) is 77.1 Å². The van der Waals surface area contributed by atoms with E-state index in [1.54, 1.807) is 10.6 Å². The molecule has 1 aliphatic heterocycles. The second-order valence-corrected chi connectivity index (χ2v) is 8.47. The molecule has 0 unspecified atom stereocenters. The van der Waals surface area contributed by atoms with Gasteiger partial charge in [-0.25, -0.2) is 9.51 Å². The number of aliphatic hydroxyl groups is 1. The van der Waals surface area contributed by atoms with E-state index < -0.39 is 0 Å². The molecule has 170 valence electrons. The monoisotopic (exact) mass is 439 g/mol. The van der Waals surface area contributed by atoms with E-state index in [2.05, 4.69) is 12.1 Å². The predicted octanol–water partition coefficient (Wildman–Crippen LogP) is 2.18. The number of fused-ring (bicyclic) bond motifs is 1. The van der Waals surface area contributed by atoms with Gasteiger partial charge in [0.2, 0.25) is 0 Å². The van der Waals surface area contributed by atoms with Gasteiger partial charge in [-0.1, -0.05) is 6.07 Å². The number of nitrogens with two attached hydrogens (primary N) is 1. The third-order valence-corrected chi connectivity index (χ3v) is 5.96. The molecule has 0 amide bonds. The van der Waals surface area contributed by atoms with E-state index in [4.69, 9.17) is 30.7 Å². The summed E-state index contributed by atoms with van der Waals surface area (Å²) in [6.45, 7) is 3.78. The van der Waals surface area contributed by atoms with E-state index in [0.29, 0.717) is 35.3 Å². The quantitative estimate of drug-likeness (QED) is 0.430. The topological polar surface area (TPSA) is 118 Å². The van der Waals surface area contributed by atoms with Gasteiger partial charge in [-0.2, -0.15) is 0 Å². The summed E-state index contributed by atoms with van der Waals surface area (Å²) >= 11 is 0. The maximum atomic E-state index is 9.04. The Hall–Kier alpha value is -3.17. The molecule has 2 aliphatic rings. The van der Waals surface area contributed by atoms with Gasteiger partial charge in [0, 0.05) is 12.3 Å². The molecule has 32 heavy (non-hydrogen) atoms. The number of piperidine rings is 1.